The Hall–Kier alpha value is -1.70. The maximum atomic E-state index is 9.69. The van der Waals surface area contributed by atoms with Gasteiger partial charge in [0.2, 0.25) is 0 Å². The number of fused-ring (bicyclic) bond motifs is 1. The Kier molecular flexibility index (Phi) is 4.28. The maximum absolute atomic E-state index is 9.69. The Morgan fingerprint density at radius 3 is 2.73 bits per heavy atom. The molecular weight excluding hydrogens is 370 g/mol. The molecule has 1 aromatic carbocycles. The molecule has 3 aromatic rings. The number of rotatable bonds is 4. The molecule has 2 N–H and O–H groups in total. The van der Waals surface area contributed by atoms with Crippen LogP contribution in [0.1, 0.15) is 11.6 Å². The van der Waals surface area contributed by atoms with Crippen LogP contribution in [0, 0.1) is 0 Å². The van der Waals surface area contributed by atoms with Gasteiger partial charge in [-0.15, -0.1) is 0 Å². The third-order valence-corrected chi connectivity index (χ3v) is 4.15. The topological polar surface area (TPSA) is 75.9 Å². The highest BCUT2D eigenvalue weighted by Gasteiger charge is 2.17. The first-order valence-electron chi connectivity index (χ1n) is 6.56. The number of nitrogens with zero attached hydrogens (tertiary/aromatic N) is 4. The van der Waals surface area contributed by atoms with Crippen molar-refractivity contribution in [2.24, 2.45) is 7.05 Å². The van der Waals surface area contributed by atoms with Crippen molar-refractivity contribution < 1.29 is 5.11 Å². The second-order valence-electron chi connectivity index (χ2n) is 4.77. The SMILES string of the molecule is Cn1nc(Br)c2c(NC(CO)c3ccc(Cl)cc3)ncnc21. The van der Waals surface area contributed by atoms with Crippen LogP contribution in [0.3, 0.4) is 0 Å². The predicted octanol–water partition coefficient (Wildman–Crippen LogP) is 2.92. The number of benzene rings is 1. The zero-order valence-electron chi connectivity index (χ0n) is 11.7. The molecule has 0 aliphatic heterocycles. The zero-order chi connectivity index (χ0) is 15.7. The minimum absolute atomic E-state index is 0.0784. The van der Waals surface area contributed by atoms with Gasteiger partial charge in [-0.05, 0) is 33.6 Å². The summed E-state index contributed by atoms with van der Waals surface area (Å²) in [5, 5.41) is 18.6. The lowest BCUT2D eigenvalue weighted by Crippen LogP contribution is -2.16. The van der Waals surface area contributed by atoms with Crippen molar-refractivity contribution >= 4 is 44.4 Å². The van der Waals surface area contributed by atoms with Crippen LogP contribution in [0.4, 0.5) is 5.82 Å². The van der Waals surface area contributed by atoms with Crippen molar-refractivity contribution in [1.82, 2.24) is 19.7 Å². The number of nitrogens with one attached hydrogen (secondary N) is 1. The standard InChI is InChI=1S/C14H13BrClN5O/c1-21-14-11(12(15)20-21)13(17-7-18-14)19-10(6-22)8-2-4-9(16)5-3-8/h2-5,7,10,22H,6H2,1H3,(H,17,18,19). The molecule has 0 saturated carbocycles. The minimum atomic E-state index is -0.303. The van der Waals surface area contributed by atoms with Gasteiger partial charge in [-0.2, -0.15) is 5.10 Å². The van der Waals surface area contributed by atoms with Crippen LogP contribution >= 0.6 is 27.5 Å². The van der Waals surface area contributed by atoms with E-state index in [4.69, 9.17) is 11.6 Å². The lowest BCUT2D eigenvalue weighted by atomic mass is 10.1. The number of halogens is 2. The Balaban J connectivity index is 1.99. The highest BCUT2D eigenvalue weighted by molar-refractivity contribution is 9.10. The fraction of sp³-hybridized carbons (Fsp3) is 0.214. The maximum Gasteiger partial charge on any atom is 0.164 e. The first-order chi connectivity index (χ1) is 10.6. The molecule has 1 atom stereocenters. The highest BCUT2D eigenvalue weighted by atomic mass is 79.9. The number of aromatic nitrogens is 4. The van der Waals surface area contributed by atoms with Gasteiger partial charge in [-0.25, -0.2) is 14.6 Å². The summed E-state index contributed by atoms with van der Waals surface area (Å²) < 4.78 is 2.32. The lowest BCUT2D eigenvalue weighted by molar-refractivity contribution is 0.276. The van der Waals surface area contributed by atoms with Crippen molar-refractivity contribution in [3.8, 4) is 0 Å². The van der Waals surface area contributed by atoms with Crippen LogP contribution in [0.2, 0.25) is 5.02 Å². The predicted molar refractivity (Wildman–Crippen MR) is 88.9 cm³/mol. The van der Waals surface area contributed by atoms with Crippen molar-refractivity contribution in [3.05, 3.63) is 45.8 Å². The third-order valence-electron chi connectivity index (χ3n) is 3.34. The Bertz CT molecular complexity index is 805. The van der Waals surface area contributed by atoms with Gasteiger partial charge in [0, 0.05) is 12.1 Å². The van der Waals surface area contributed by atoms with E-state index in [1.807, 2.05) is 19.2 Å². The van der Waals surface area contributed by atoms with E-state index in [9.17, 15) is 5.11 Å². The Morgan fingerprint density at radius 1 is 1.32 bits per heavy atom. The zero-order valence-corrected chi connectivity index (χ0v) is 14.0. The second kappa shape index (κ2) is 6.20. The molecule has 0 fully saturated rings. The van der Waals surface area contributed by atoms with Gasteiger partial charge in [0.15, 0.2) is 5.65 Å². The molecule has 0 saturated heterocycles. The van der Waals surface area contributed by atoms with Crippen LogP contribution in [-0.2, 0) is 7.05 Å². The van der Waals surface area contributed by atoms with E-state index >= 15 is 0 Å². The second-order valence-corrected chi connectivity index (χ2v) is 5.95. The molecule has 1 unspecified atom stereocenters. The van der Waals surface area contributed by atoms with Crippen LogP contribution in [0.5, 0.6) is 0 Å². The first kappa shape index (κ1) is 15.2. The summed E-state index contributed by atoms with van der Waals surface area (Å²) in [5.41, 5.74) is 1.62. The summed E-state index contributed by atoms with van der Waals surface area (Å²) >= 11 is 9.31. The normalized spacial score (nSPS) is 12.5. The van der Waals surface area contributed by atoms with E-state index < -0.39 is 0 Å². The molecule has 0 radical (unpaired) electrons. The number of aryl methyl sites for hydroxylation is 1. The third kappa shape index (κ3) is 2.79. The van der Waals surface area contributed by atoms with Crippen molar-refractivity contribution in [3.63, 3.8) is 0 Å². The van der Waals surface area contributed by atoms with E-state index in [1.165, 1.54) is 6.33 Å². The van der Waals surface area contributed by atoms with Gasteiger partial charge in [-0.1, -0.05) is 23.7 Å². The van der Waals surface area contributed by atoms with E-state index in [0.29, 0.717) is 21.1 Å². The van der Waals surface area contributed by atoms with Crippen molar-refractivity contribution in [2.45, 2.75) is 6.04 Å². The summed E-state index contributed by atoms with van der Waals surface area (Å²) in [6.45, 7) is -0.0784. The molecule has 8 heteroatoms. The summed E-state index contributed by atoms with van der Waals surface area (Å²) in [6.07, 6.45) is 1.47. The van der Waals surface area contributed by atoms with Crippen molar-refractivity contribution in [2.75, 3.05) is 11.9 Å². The molecule has 114 valence electrons. The van der Waals surface area contributed by atoms with E-state index in [0.717, 1.165) is 10.9 Å². The average Bonchev–Trinajstić information content (AvgIpc) is 2.81. The quantitative estimate of drug-likeness (QED) is 0.725. The number of aliphatic hydroxyl groups excluding tert-OH is 1. The van der Waals surface area contributed by atoms with Crippen LogP contribution in [0.25, 0.3) is 11.0 Å². The molecule has 0 aliphatic rings. The summed E-state index contributed by atoms with van der Waals surface area (Å²) in [7, 11) is 1.81. The summed E-state index contributed by atoms with van der Waals surface area (Å²) in [6, 6.07) is 7.01. The molecule has 2 heterocycles. The average molecular weight is 383 g/mol. The monoisotopic (exact) mass is 381 g/mol. The number of hydrogen-bond donors (Lipinski definition) is 2. The molecular formula is C14H13BrClN5O. The summed E-state index contributed by atoms with van der Waals surface area (Å²) in [4.78, 5) is 8.49. The number of anilines is 1. The smallest absolute Gasteiger partial charge is 0.164 e. The molecule has 22 heavy (non-hydrogen) atoms. The van der Waals surface area contributed by atoms with Crippen molar-refractivity contribution in [1.29, 1.82) is 0 Å². The molecule has 3 rings (SSSR count). The van der Waals surface area contributed by atoms with Gasteiger partial charge >= 0.3 is 0 Å². The molecule has 0 bridgehead atoms. The molecule has 0 spiro atoms. The first-order valence-corrected chi connectivity index (χ1v) is 7.73. The molecule has 0 amide bonds. The largest absolute Gasteiger partial charge is 0.394 e. The van der Waals surface area contributed by atoms with Crippen LogP contribution < -0.4 is 5.32 Å². The van der Waals surface area contributed by atoms with E-state index in [-0.39, 0.29) is 12.6 Å². The van der Waals surface area contributed by atoms with Gasteiger partial charge < -0.3 is 10.4 Å². The highest BCUT2D eigenvalue weighted by Crippen LogP contribution is 2.29. The molecule has 0 aliphatic carbocycles. The van der Waals surface area contributed by atoms with E-state index in [1.54, 1.807) is 16.8 Å². The fourth-order valence-electron chi connectivity index (χ4n) is 2.24. The fourth-order valence-corrected chi connectivity index (χ4v) is 2.97. The van der Waals surface area contributed by atoms with Gasteiger partial charge in [0.05, 0.1) is 18.0 Å². The Labute approximate surface area is 140 Å². The van der Waals surface area contributed by atoms with Crippen LogP contribution in [0.15, 0.2) is 35.2 Å². The van der Waals surface area contributed by atoms with Gasteiger partial charge in [-0.3, -0.25) is 0 Å². The lowest BCUT2D eigenvalue weighted by Gasteiger charge is -2.17. The minimum Gasteiger partial charge on any atom is -0.394 e. The number of hydrogen-bond acceptors (Lipinski definition) is 5. The molecule has 2 aromatic heterocycles. The van der Waals surface area contributed by atoms with Crippen LogP contribution in [-0.4, -0.2) is 31.5 Å². The van der Waals surface area contributed by atoms with Gasteiger partial charge in [0.1, 0.15) is 16.7 Å². The summed E-state index contributed by atoms with van der Waals surface area (Å²) in [5.74, 6) is 0.610. The van der Waals surface area contributed by atoms with E-state index in [2.05, 4.69) is 36.3 Å². The van der Waals surface area contributed by atoms with Gasteiger partial charge in [0.25, 0.3) is 0 Å². The Morgan fingerprint density at radius 2 is 2.05 bits per heavy atom. The number of aliphatic hydroxyl groups is 1. The molecule has 6 nitrogen and oxygen atoms in total.